The Hall–Kier alpha value is -2.16. The molecule has 1 amide bonds. The van der Waals surface area contributed by atoms with Crippen LogP contribution < -0.4 is 10.9 Å². The van der Waals surface area contributed by atoms with E-state index in [0.29, 0.717) is 0 Å². The van der Waals surface area contributed by atoms with Crippen molar-refractivity contribution in [1.29, 1.82) is 0 Å². The minimum absolute atomic E-state index is 0.0789. The number of aliphatic carboxylic acids is 1. The molecule has 0 bridgehead atoms. The highest BCUT2D eigenvalue weighted by molar-refractivity contribution is 7.90. The smallest absolute Gasteiger partial charge is 0.326 e. The molecule has 3 N–H and O–H groups in total. The molecule has 9 heteroatoms. The topological polar surface area (TPSA) is 133 Å². The third kappa shape index (κ3) is 5.22. The Bertz CT molecular complexity index is 643. The predicted octanol–water partition coefficient (Wildman–Crippen LogP) is -1.01. The summed E-state index contributed by atoms with van der Waals surface area (Å²) in [6, 6.07) is 1.05. The fourth-order valence-electron chi connectivity index (χ4n) is 1.38. The zero-order valence-corrected chi connectivity index (χ0v) is 11.4. The van der Waals surface area contributed by atoms with Crippen LogP contribution in [0.4, 0.5) is 0 Å². The number of carboxylic acid groups (broad SMARTS) is 1. The van der Waals surface area contributed by atoms with Crippen LogP contribution in [0, 0.1) is 0 Å². The fourth-order valence-corrected chi connectivity index (χ4v) is 2.05. The molecule has 0 spiro atoms. The molecule has 110 valence electrons. The van der Waals surface area contributed by atoms with Crippen molar-refractivity contribution in [3.63, 3.8) is 0 Å². The quantitative estimate of drug-likeness (QED) is 0.616. The minimum atomic E-state index is -3.32. The lowest BCUT2D eigenvalue weighted by molar-refractivity contribution is -0.139. The van der Waals surface area contributed by atoms with Gasteiger partial charge in [-0.2, -0.15) is 0 Å². The largest absolute Gasteiger partial charge is 0.480 e. The van der Waals surface area contributed by atoms with Crippen LogP contribution in [0.3, 0.4) is 0 Å². The number of hydrogen-bond acceptors (Lipinski definition) is 5. The van der Waals surface area contributed by atoms with Crippen LogP contribution in [0.15, 0.2) is 23.1 Å². The first kappa shape index (κ1) is 15.9. The molecule has 1 aromatic rings. The van der Waals surface area contributed by atoms with E-state index in [9.17, 15) is 22.8 Å². The lowest BCUT2D eigenvalue weighted by Gasteiger charge is -2.13. The predicted molar refractivity (Wildman–Crippen MR) is 70.3 cm³/mol. The van der Waals surface area contributed by atoms with Crippen molar-refractivity contribution in [2.75, 3.05) is 12.0 Å². The summed E-state index contributed by atoms with van der Waals surface area (Å²) in [4.78, 5) is 35.8. The van der Waals surface area contributed by atoms with E-state index >= 15 is 0 Å². The zero-order chi connectivity index (χ0) is 15.3. The van der Waals surface area contributed by atoms with Crippen LogP contribution in [0.2, 0.25) is 0 Å². The molecule has 0 radical (unpaired) electrons. The highest BCUT2D eigenvalue weighted by Gasteiger charge is 2.22. The van der Waals surface area contributed by atoms with E-state index in [1.807, 2.05) is 0 Å². The number of aromatic nitrogens is 1. The van der Waals surface area contributed by atoms with Crippen LogP contribution in [-0.4, -0.2) is 48.4 Å². The van der Waals surface area contributed by atoms with E-state index in [0.717, 1.165) is 18.5 Å². The van der Waals surface area contributed by atoms with Crippen molar-refractivity contribution in [3.8, 4) is 0 Å². The SMILES string of the molecule is CS(=O)(=O)CCC(NC(=O)c1ccc(=O)[nH]c1)C(=O)O. The Morgan fingerprint density at radius 2 is 2.05 bits per heavy atom. The Labute approximate surface area is 114 Å². The number of hydrogen-bond donors (Lipinski definition) is 3. The van der Waals surface area contributed by atoms with Gasteiger partial charge in [0.15, 0.2) is 0 Å². The maximum absolute atomic E-state index is 11.7. The van der Waals surface area contributed by atoms with Gasteiger partial charge in [0.05, 0.1) is 11.3 Å². The van der Waals surface area contributed by atoms with Gasteiger partial charge in [-0.25, -0.2) is 13.2 Å². The van der Waals surface area contributed by atoms with Crippen LogP contribution in [0.5, 0.6) is 0 Å². The number of aromatic amines is 1. The van der Waals surface area contributed by atoms with Gasteiger partial charge >= 0.3 is 5.97 Å². The Kier molecular flexibility index (Phi) is 5.03. The normalized spacial score (nSPS) is 12.7. The van der Waals surface area contributed by atoms with Crippen molar-refractivity contribution in [1.82, 2.24) is 10.3 Å². The summed E-state index contributed by atoms with van der Waals surface area (Å²) in [6.07, 6.45) is 1.89. The standard InChI is InChI=1S/C11H14N2O6S/c1-20(18,19)5-4-8(11(16)17)13-10(15)7-2-3-9(14)12-6-7/h2-3,6,8H,4-5H2,1H3,(H,12,14)(H,13,15)(H,16,17). The molecule has 1 atom stereocenters. The van der Waals surface area contributed by atoms with Gasteiger partial charge < -0.3 is 15.4 Å². The summed E-state index contributed by atoms with van der Waals surface area (Å²) in [5, 5.41) is 11.1. The lowest BCUT2D eigenvalue weighted by Crippen LogP contribution is -2.42. The van der Waals surface area contributed by atoms with Crippen LogP contribution in [-0.2, 0) is 14.6 Å². The number of pyridine rings is 1. The first-order valence-corrected chi connectivity index (χ1v) is 7.65. The van der Waals surface area contributed by atoms with Crippen molar-refractivity contribution in [3.05, 3.63) is 34.2 Å². The van der Waals surface area contributed by atoms with Gasteiger partial charge in [0, 0.05) is 18.5 Å². The van der Waals surface area contributed by atoms with Crippen LogP contribution >= 0.6 is 0 Å². The van der Waals surface area contributed by atoms with Gasteiger partial charge in [-0.1, -0.05) is 0 Å². The highest BCUT2D eigenvalue weighted by Crippen LogP contribution is 2.00. The zero-order valence-electron chi connectivity index (χ0n) is 10.6. The molecular weight excluding hydrogens is 288 g/mol. The average Bonchev–Trinajstić information content (AvgIpc) is 2.33. The number of amides is 1. The minimum Gasteiger partial charge on any atom is -0.480 e. The number of carboxylic acids is 1. The van der Waals surface area contributed by atoms with E-state index < -0.39 is 33.3 Å². The van der Waals surface area contributed by atoms with E-state index in [2.05, 4.69) is 10.3 Å². The summed E-state index contributed by atoms with van der Waals surface area (Å²) < 4.78 is 22.0. The molecule has 1 rings (SSSR count). The summed E-state index contributed by atoms with van der Waals surface area (Å²) in [6.45, 7) is 0. The van der Waals surface area contributed by atoms with Gasteiger partial charge in [-0.3, -0.25) is 9.59 Å². The fraction of sp³-hybridized carbons (Fsp3) is 0.364. The van der Waals surface area contributed by atoms with E-state index in [-0.39, 0.29) is 17.7 Å². The molecule has 20 heavy (non-hydrogen) atoms. The molecule has 0 aromatic carbocycles. The van der Waals surface area contributed by atoms with Gasteiger partial charge in [0.25, 0.3) is 5.91 Å². The highest BCUT2D eigenvalue weighted by atomic mass is 32.2. The average molecular weight is 302 g/mol. The molecule has 0 aliphatic rings. The number of carbonyl (C=O) groups is 2. The summed E-state index contributed by atoms with van der Waals surface area (Å²) in [7, 11) is -3.32. The lowest BCUT2D eigenvalue weighted by atomic mass is 10.2. The Morgan fingerprint density at radius 3 is 2.50 bits per heavy atom. The Balaban J connectivity index is 2.75. The summed E-state index contributed by atoms with van der Waals surface area (Å²) >= 11 is 0. The van der Waals surface area contributed by atoms with E-state index in [1.165, 1.54) is 6.07 Å². The molecular formula is C11H14N2O6S. The maximum atomic E-state index is 11.7. The monoisotopic (exact) mass is 302 g/mol. The van der Waals surface area contributed by atoms with E-state index in [1.54, 1.807) is 0 Å². The van der Waals surface area contributed by atoms with Crippen LogP contribution in [0.25, 0.3) is 0 Å². The van der Waals surface area contributed by atoms with Crippen molar-refractivity contribution in [2.24, 2.45) is 0 Å². The number of rotatable bonds is 6. The van der Waals surface area contributed by atoms with Crippen LogP contribution in [0.1, 0.15) is 16.8 Å². The van der Waals surface area contributed by atoms with Gasteiger partial charge in [-0.15, -0.1) is 0 Å². The van der Waals surface area contributed by atoms with Crippen molar-refractivity contribution < 1.29 is 23.1 Å². The second kappa shape index (κ2) is 6.33. The first-order chi connectivity index (χ1) is 9.19. The first-order valence-electron chi connectivity index (χ1n) is 5.59. The number of carbonyl (C=O) groups excluding carboxylic acids is 1. The van der Waals surface area contributed by atoms with Crippen molar-refractivity contribution in [2.45, 2.75) is 12.5 Å². The molecule has 0 fully saturated rings. The molecule has 1 aromatic heterocycles. The number of nitrogens with one attached hydrogen (secondary N) is 2. The molecule has 1 unspecified atom stereocenters. The third-order valence-corrected chi connectivity index (χ3v) is 3.40. The third-order valence-electron chi connectivity index (χ3n) is 2.43. The molecule has 0 saturated carbocycles. The van der Waals surface area contributed by atoms with Gasteiger partial charge in [-0.05, 0) is 12.5 Å². The summed E-state index contributed by atoms with van der Waals surface area (Å²) in [5.41, 5.74) is -0.316. The van der Waals surface area contributed by atoms with Crippen molar-refractivity contribution >= 4 is 21.7 Å². The summed E-state index contributed by atoms with van der Waals surface area (Å²) in [5.74, 6) is -2.39. The maximum Gasteiger partial charge on any atom is 0.326 e. The van der Waals surface area contributed by atoms with Gasteiger partial charge in [0.2, 0.25) is 5.56 Å². The molecule has 0 saturated heterocycles. The second-order valence-electron chi connectivity index (χ2n) is 4.22. The van der Waals surface area contributed by atoms with Gasteiger partial charge in [0.1, 0.15) is 15.9 Å². The molecule has 0 aliphatic carbocycles. The number of sulfone groups is 1. The molecule has 0 aliphatic heterocycles. The Morgan fingerprint density at radius 1 is 1.40 bits per heavy atom. The molecule has 8 nitrogen and oxygen atoms in total. The molecule has 1 heterocycles. The second-order valence-corrected chi connectivity index (χ2v) is 6.48. The number of H-pyrrole nitrogens is 1. The van der Waals surface area contributed by atoms with E-state index in [4.69, 9.17) is 5.11 Å².